The van der Waals surface area contributed by atoms with E-state index < -0.39 is 30.4 Å². The molecule has 14 nitrogen and oxygen atoms in total. The minimum absolute atomic E-state index is 0.0263. The van der Waals surface area contributed by atoms with Crippen LogP contribution >= 0.6 is 0 Å². The molecule has 1 heterocycles. The van der Waals surface area contributed by atoms with Crippen LogP contribution in [0.4, 0.5) is 0 Å². The van der Waals surface area contributed by atoms with Crippen molar-refractivity contribution in [3.05, 3.63) is 72.8 Å². The van der Waals surface area contributed by atoms with Gasteiger partial charge in [-0.3, -0.25) is 9.97 Å². The minimum Gasteiger partial charge on any atom is -0.496 e. The van der Waals surface area contributed by atoms with E-state index in [1.165, 1.54) is 75.3 Å². The Morgan fingerprint density at radius 2 is 1.29 bits per heavy atom. The number of hydrogen-bond donors (Lipinski definition) is 0. The highest BCUT2D eigenvalue weighted by molar-refractivity contribution is 7.86. The third kappa shape index (κ3) is 8.96. The number of hydrogen-bond acceptors (Lipinski definition) is 14. The molecule has 0 bridgehead atoms. The lowest BCUT2D eigenvalue weighted by atomic mass is 9.96. The normalized spacial score (nSPS) is 11.8. The average molecular weight is 681 g/mol. The fraction of sp³-hybridized carbons (Fsp3) is 0.214. The van der Waals surface area contributed by atoms with E-state index in [4.69, 9.17) is 26.8 Å². The molecule has 3 aromatic carbocycles. The first-order valence-corrected chi connectivity index (χ1v) is 18.1. The van der Waals surface area contributed by atoms with Gasteiger partial charge in [0.2, 0.25) is 0 Å². The molecule has 0 saturated heterocycles. The van der Waals surface area contributed by atoms with Crippen molar-refractivity contribution in [3.8, 4) is 56.8 Å². The molecule has 0 aliphatic carbocycles. The van der Waals surface area contributed by atoms with Crippen LogP contribution in [0.1, 0.15) is 5.69 Å². The number of benzene rings is 3. The third-order valence-electron chi connectivity index (χ3n) is 5.74. The Bertz CT molecular complexity index is 2020. The monoisotopic (exact) mass is 680 g/mol. The summed E-state index contributed by atoms with van der Waals surface area (Å²) in [6.07, 6.45) is 7.04. The molecule has 0 aliphatic rings. The maximum Gasteiger partial charge on any atom is 0.306 e. The van der Waals surface area contributed by atoms with Crippen molar-refractivity contribution in [1.29, 1.82) is 0 Å². The van der Waals surface area contributed by atoms with Gasteiger partial charge in [0, 0.05) is 18.0 Å². The summed E-state index contributed by atoms with van der Waals surface area (Å²) < 4.78 is 105. The molecule has 45 heavy (non-hydrogen) atoms. The summed E-state index contributed by atoms with van der Waals surface area (Å²) in [4.78, 5) is 8.09. The van der Waals surface area contributed by atoms with Crippen LogP contribution in [0.3, 0.4) is 0 Å². The van der Waals surface area contributed by atoms with Crippen molar-refractivity contribution in [2.45, 2.75) is 6.61 Å². The van der Waals surface area contributed by atoms with Gasteiger partial charge in [-0.1, -0.05) is 18.2 Å². The SMILES string of the molecule is COc1cc(-c2ccc(OS(C)(=O)=O)cc2)c(OC)c(OS(C)(=O)=O)c1-c1ccc(OCc2cnccn2)c(OS(C)(=O)=O)c1. The van der Waals surface area contributed by atoms with Crippen molar-refractivity contribution in [3.63, 3.8) is 0 Å². The zero-order valence-corrected chi connectivity index (χ0v) is 27.0. The summed E-state index contributed by atoms with van der Waals surface area (Å²) >= 11 is 0. The van der Waals surface area contributed by atoms with Gasteiger partial charge in [-0.2, -0.15) is 25.3 Å². The number of ether oxygens (including phenoxy) is 3. The zero-order valence-electron chi connectivity index (χ0n) is 24.6. The smallest absolute Gasteiger partial charge is 0.306 e. The van der Waals surface area contributed by atoms with E-state index in [0.717, 1.165) is 18.8 Å². The quantitative estimate of drug-likeness (QED) is 0.187. The number of methoxy groups -OCH3 is 2. The summed E-state index contributed by atoms with van der Waals surface area (Å²) in [6, 6.07) is 11.7. The molecule has 240 valence electrons. The Labute approximate surface area is 260 Å². The minimum atomic E-state index is -4.16. The maximum absolute atomic E-state index is 12.5. The van der Waals surface area contributed by atoms with Crippen LogP contribution in [0.5, 0.6) is 34.5 Å². The van der Waals surface area contributed by atoms with Gasteiger partial charge < -0.3 is 26.8 Å². The molecular formula is C28H28N2O12S3. The van der Waals surface area contributed by atoms with Crippen molar-refractivity contribution in [1.82, 2.24) is 9.97 Å². The van der Waals surface area contributed by atoms with Crippen LogP contribution in [0.15, 0.2) is 67.1 Å². The molecule has 0 aliphatic heterocycles. The fourth-order valence-corrected chi connectivity index (χ4v) is 5.51. The molecule has 0 unspecified atom stereocenters. The number of nitrogens with zero attached hydrogens (tertiary/aromatic N) is 2. The summed E-state index contributed by atoms with van der Waals surface area (Å²) in [5, 5.41) is 0. The van der Waals surface area contributed by atoms with Gasteiger partial charge in [0.15, 0.2) is 23.0 Å². The van der Waals surface area contributed by atoms with Gasteiger partial charge in [0.05, 0.1) is 50.4 Å². The van der Waals surface area contributed by atoms with Crippen molar-refractivity contribution in [2.75, 3.05) is 33.0 Å². The highest BCUT2D eigenvalue weighted by atomic mass is 32.2. The van der Waals surface area contributed by atoms with Gasteiger partial charge in [-0.25, -0.2) is 0 Å². The van der Waals surface area contributed by atoms with Crippen molar-refractivity contribution >= 4 is 30.4 Å². The van der Waals surface area contributed by atoms with E-state index in [1.54, 1.807) is 6.07 Å². The van der Waals surface area contributed by atoms with Gasteiger partial charge >= 0.3 is 30.4 Å². The molecule has 4 rings (SSSR count). The van der Waals surface area contributed by atoms with Crippen molar-refractivity contribution < 1.29 is 52.0 Å². The highest BCUT2D eigenvalue weighted by Gasteiger charge is 2.27. The van der Waals surface area contributed by atoms with Gasteiger partial charge in [0.1, 0.15) is 18.1 Å². The molecule has 0 saturated carbocycles. The van der Waals surface area contributed by atoms with E-state index in [1.807, 2.05) is 0 Å². The van der Waals surface area contributed by atoms with E-state index in [2.05, 4.69) is 9.97 Å². The van der Waals surface area contributed by atoms with Crippen molar-refractivity contribution in [2.24, 2.45) is 0 Å². The van der Waals surface area contributed by atoms with Gasteiger partial charge in [-0.05, 0) is 41.5 Å². The average Bonchev–Trinajstić information content (AvgIpc) is 2.94. The maximum atomic E-state index is 12.5. The summed E-state index contributed by atoms with van der Waals surface area (Å²) in [5.74, 6) is -0.308. The van der Waals surface area contributed by atoms with Crippen LogP contribution < -0.4 is 26.8 Å². The predicted molar refractivity (Wildman–Crippen MR) is 163 cm³/mol. The molecule has 0 atom stereocenters. The third-order valence-corrected chi connectivity index (χ3v) is 7.18. The first kappa shape index (κ1) is 33.3. The van der Waals surface area contributed by atoms with E-state index in [9.17, 15) is 25.3 Å². The lowest BCUT2D eigenvalue weighted by molar-refractivity contribution is 0.291. The number of rotatable bonds is 13. The Morgan fingerprint density at radius 3 is 1.84 bits per heavy atom. The molecule has 0 radical (unpaired) electrons. The highest BCUT2D eigenvalue weighted by Crippen LogP contribution is 2.51. The van der Waals surface area contributed by atoms with Gasteiger partial charge in [0.25, 0.3) is 0 Å². The predicted octanol–water partition coefficient (Wildman–Crippen LogP) is 3.42. The summed E-state index contributed by atoms with van der Waals surface area (Å²) in [6.45, 7) is -0.0599. The second-order valence-corrected chi connectivity index (χ2v) is 14.1. The number of aromatic nitrogens is 2. The molecule has 4 aromatic rings. The Kier molecular flexibility index (Phi) is 9.74. The van der Waals surface area contributed by atoms with Crippen LogP contribution in [0.25, 0.3) is 22.3 Å². The summed E-state index contributed by atoms with van der Waals surface area (Å²) in [7, 11) is -9.34. The van der Waals surface area contributed by atoms with Gasteiger partial charge in [-0.15, -0.1) is 0 Å². The molecule has 17 heteroatoms. The van der Waals surface area contributed by atoms with E-state index >= 15 is 0 Å². The Morgan fingerprint density at radius 1 is 0.644 bits per heavy atom. The van der Waals surface area contributed by atoms with Crippen LogP contribution in [-0.4, -0.2) is 68.2 Å². The van der Waals surface area contributed by atoms with Crippen LogP contribution in [0, 0.1) is 0 Å². The van der Waals surface area contributed by atoms with E-state index in [-0.39, 0.29) is 52.2 Å². The van der Waals surface area contributed by atoms with Crippen LogP contribution in [0.2, 0.25) is 0 Å². The first-order chi connectivity index (χ1) is 21.1. The molecular weight excluding hydrogens is 653 g/mol. The second-order valence-electron chi connectivity index (χ2n) is 9.40. The lowest BCUT2D eigenvalue weighted by Gasteiger charge is -2.21. The molecule has 0 fully saturated rings. The largest absolute Gasteiger partial charge is 0.496 e. The molecule has 1 aromatic heterocycles. The van der Waals surface area contributed by atoms with E-state index in [0.29, 0.717) is 16.8 Å². The Balaban J connectivity index is 1.91. The standard InChI is InChI=1S/C28H28N2O12S3/c1-37-25-15-22(18-6-9-21(10-7-18)40-43(3,31)32)27(38-2)28(42-45(5,35)36)26(25)19-8-11-23(24(14-19)41-44(4,33)34)39-17-20-16-29-12-13-30-20/h6-16H,17H2,1-5H3. The lowest BCUT2D eigenvalue weighted by Crippen LogP contribution is -2.10. The first-order valence-electron chi connectivity index (χ1n) is 12.7. The second kappa shape index (κ2) is 13.2. The van der Waals surface area contributed by atoms with Crippen LogP contribution in [-0.2, 0) is 37.0 Å². The topological polar surface area (TPSA) is 184 Å². The molecule has 0 amide bonds. The summed E-state index contributed by atoms with van der Waals surface area (Å²) in [5.41, 5.74) is 1.55. The molecule has 0 spiro atoms. The fourth-order valence-electron chi connectivity index (χ4n) is 4.13. The Hall–Kier alpha value is -4.61. The zero-order chi connectivity index (χ0) is 33.0. The molecule has 0 N–H and O–H groups in total.